The highest BCUT2D eigenvalue weighted by atomic mass is 19.4. The van der Waals surface area contributed by atoms with Gasteiger partial charge in [-0.15, -0.1) is 0 Å². The van der Waals surface area contributed by atoms with Crippen LogP contribution in [-0.2, 0) is 12.7 Å². The molecule has 8 heteroatoms. The van der Waals surface area contributed by atoms with Gasteiger partial charge in [-0.25, -0.2) is 0 Å². The predicted octanol–water partition coefficient (Wildman–Crippen LogP) is 2.22. The molecule has 0 unspecified atom stereocenters. The van der Waals surface area contributed by atoms with Gasteiger partial charge in [-0.2, -0.15) is 18.2 Å². The van der Waals surface area contributed by atoms with Crippen LogP contribution in [0.3, 0.4) is 0 Å². The van der Waals surface area contributed by atoms with Crippen LogP contribution >= 0.6 is 0 Å². The summed E-state index contributed by atoms with van der Waals surface area (Å²) in [4.78, 5) is 3.87. The first-order valence-electron chi connectivity index (χ1n) is 5.23. The third kappa shape index (κ3) is 2.84. The van der Waals surface area contributed by atoms with Crippen molar-refractivity contribution in [3.8, 4) is 17.1 Å². The molecule has 0 amide bonds. The van der Waals surface area contributed by atoms with Crippen LogP contribution in [0.4, 0.5) is 13.2 Å². The van der Waals surface area contributed by atoms with E-state index in [-0.39, 0.29) is 29.6 Å². The Balaban J connectivity index is 2.50. The van der Waals surface area contributed by atoms with Gasteiger partial charge in [-0.05, 0) is 18.2 Å². The summed E-state index contributed by atoms with van der Waals surface area (Å²) in [7, 11) is 1.28. The number of nitrogens with two attached hydrogens (primary N) is 1. The molecule has 2 aromatic rings. The highest BCUT2D eigenvalue weighted by Crippen LogP contribution is 2.34. The molecule has 0 fully saturated rings. The molecule has 1 heterocycles. The molecule has 0 aliphatic rings. The molecule has 19 heavy (non-hydrogen) atoms. The van der Waals surface area contributed by atoms with Crippen molar-refractivity contribution < 1.29 is 22.4 Å². The average Bonchev–Trinajstić information content (AvgIpc) is 2.86. The van der Waals surface area contributed by atoms with Gasteiger partial charge >= 0.3 is 6.18 Å². The molecule has 0 saturated heterocycles. The van der Waals surface area contributed by atoms with Crippen LogP contribution in [0.5, 0.6) is 5.75 Å². The van der Waals surface area contributed by atoms with E-state index in [1.165, 1.54) is 13.2 Å². The van der Waals surface area contributed by atoms with Crippen LogP contribution in [0.25, 0.3) is 11.4 Å². The number of ether oxygens (including phenoxy) is 1. The van der Waals surface area contributed by atoms with Gasteiger partial charge in [0.15, 0.2) is 0 Å². The molecule has 1 aromatic heterocycles. The Morgan fingerprint density at radius 1 is 1.32 bits per heavy atom. The molecule has 5 nitrogen and oxygen atoms in total. The van der Waals surface area contributed by atoms with Crippen molar-refractivity contribution >= 4 is 0 Å². The van der Waals surface area contributed by atoms with Crippen molar-refractivity contribution in [1.82, 2.24) is 10.1 Å². The molecular weight excluding hydrogens is 263 g/mol. The summed E-state index contributed by atoms with van der Waals surface area (Å²) >= 11 is 0. The summed E-state index contributed by atoms with van der Waals surface area (Å²) in [6.45, 7) is 0.0170. The lowest BCUT2D eigenvalue weighted by Gasteiger charge is -2.10. The largest absolute Gasteiger partial charge is 0.497 e. The number of rotatable bonds is 3. The molecule has 0 saturated carbocycles. The normalized spacial score (nSPS) is 11.6. The van der Waals surface area contributed by atoms with Crippen molar-refractivity contribution in [2.45, 2.75) is 12.7 Å². The van der Waals surface area contributed by atoms with Crippen LogP contribution in [0.2, 0.25) is 0 Å². The van der Waals surface area contributed by atoms with Crippen LogP contribution in [0, 0.1) is 0 Å². The zero-order valence-corrected chi connectivity index (χ0v) is 9.86. The van der Waals surface area contributed by atoms with Crippen molar-refractivity contribution in [3.05, 3.63) is 29.7 Å². The smallest absolute Gasteiger partial charge is 0.416 e. The van der Waals surface area contributed by atoms with E-state index >= 15 is 0 Å². The van der Waals surface area contributed by atoms with Gasteiger partial charge in [0.05, 0.1) is 19.2 Å². The Morgan fingerprint density at radius 3 is 2.58 bits per heavy atom. The van der Waals surface area contributed by atoms with Crippen molar-refractivity contribution in [2.75, 3.05) is 7.11 Å². The van der Waals surface area contributed by atoms with Gasteiger partial charge in [-0.1, -0.05) is 5.16 Å². The first kappa shape index (κ1) is 13.3. The van der Waals surface area contributed by atoms with E-state index in [9.17, 15) is 13.2 Å². The summed E-state index contributed by atoms with van der Waals surface area (Å²) in [5.41, 5.74) is 4.60. The van der Waals surface area contributed by atoms with Gasteiger partial charge in [0.25, 0.3) is 0 Å². The summed E-state index contributed by atoms with van der Waals surface area (Å²) in [6.07, 6.45) is -4.48. The molecule has 2 rings (SSSR count). The van der Waals surface area contributed by atoms with E-state index < -0.39 is 11.7 Å². The molecule has 0 bridgehead atoms. The second kappa shape index (κ2) is 4.88. The molecule has 1 aromatic carbocycles. The van der Waals surface area contributed by atoms with Crippen molar-refractivity contribution in [3.63, 3.8) is 0 Å². The fourth-order valence-corrected chi connectivity index (χ4v) is 1.46. The van der Waals surface area contributed by atoms with E-state index in [4.69, 9.17) is 15.0 Å². The van der Waals surface area contributed by atoms with Crippen molar-refractivity contribution in [1.29, 1.82) is 0 Å². The molecule has 0 spiro atoms. The minimum absolute atomic E-state index is 0.0170. The summed E-state index contributed by atoms with van der Waals surface area (Å²) in [5.74, 6) is 0.236. The number of methoxy groups -OCH3 is 1. The number of halogens is 3. The van der Waals surface area contributed by atoms with Crippen LogP contribution in [0.15, 0.2) is 22.7 Å². The van der Waals surface area contributed by atoms with Gasteiger partial charge in [0.1, 0.15) is 5.75 Å². The quantitative estimate of drug-likeness (QED) is 0.928. The van der Waals surface area contributed by atoms with Crippen LogP contribution in [0.1, 0.15) is 11.5 Å². The SMILES string of the molecule is COc1cc(-c2noc(CN)n2)cc(C(F)(F)F)c1. The Morgan fingerprint density at radius 2 is 2.05 bits per heavy atom. The van der Waals surface area contributed by atoms with Gasteiger partial charge < -0.3 is 15.0 Å². The molecule has 0 aliphatic heterocycles. The maximum Gasteiger partial charge on any atom is 0.416 e. The standard InChI is InChI=1S/C11H10F3N3O2/c1-18-8-3-6(2-7(4-8)11(12,13)14)10-16-9(5-15)19-17-10/h2-4H,5,15H2,1H3. The number of alkyl halides is 3. The van der Waals surface area contributed by atoms with Gasteiger partial charge in [0.2, 0.25) is 11.7 Å². The maximum atomic E-state index is 12.7. The number of benzene rings is 1. The topological polar surface area (TPSA) is 74.2 Å². The highest BCUT2D eigenvalue weighted by molar-refractivity contribution is 5.59. The van der Waals surface area contributed by atoms with E-state index in [0.29, 0.717) is 0 Å². The Kier molecular flexibility index (Phi) is 3.43. The molecular formula is C11H10F3N3O2. The molecule has 102 valence electrons. The lowest BCUT2D eigenvalue weighted by Crippen LogP contribution is -2.05. The maximum absolute atomic E-state index is 12.7. The lowest BCUT2D eigenvalue weighted by atomic mass is 10.1. The number of nitrogens with zero attached hydrogens (tertiary/aromatic N) is 2. The minimum Gasteiger partial charge on any atom is -0.497 e. The summed E-state index contributed by atoms with van der Waals surface area (Å²) in [5, 5.41) is 3.57. The van der Waals surface area contributed by atoms with Gasteiger partial charge in [-0.3, -0.25) is 0 Å². The zero-order valence-electron chi connectivity index (χ0n) is 9.86. The van der Waals surface area contributed by atoms with Gasteiger partial charge in [0, 0.05) is 5.56 Å². The third-order valence-corrected chi connectivity index (χ3v) is 2.37. The zero-order chi connectivity index (χ0) is 14.0. The minimum atomic E-state index is -4.48. The van der Waals surface area contributed by atoms with E-state index in [1.54, 1.807) is 0 Å². The number of hydrogen-bond acceptors (Lipinski definition) is 5. The first-order chi connectivity index (χ1) is 8.94. The highest BCUT2D eigenvalue weighted by Gasteiger charge is 2.32. The first-order valence-corrected chi connectivity index (χ1v) is 5.23. The average molecular weight is 273 g/mol. The molecule has 2 N–H and O–H groups in total. The summed E-state index contributed by atoms with van der Waals surface area (Å²) < 4.78 is 47.8. The fraction of sp³-hybridized carbons (Fsp3) is 0.273. The second-order valence-electron chi connectivity index (χ2n) is 3.66. The molecule has 0 radical (unpaired) electrons. The van der Waals surface area contributed by atoms with E-state index in [1.807, 2.05) is 0 Å². The Bertz CT molecular complexity index is 581. The van der Waals surface area contributed by atoms with Crippen molar-refractivity contribution in [2.24, 2.45) is 5.73 Å². The monoisotopic (exact) mass is 273 g/mol. The Hall–Kier alpha value is -2.09. The number of hydrogen-bond donors (Lipinski definition) is 1. The molecule has 0 atom stereocenters. The Labute approximate surface area is 106 Å². The van der Waals surface area contributed by atoms with Crippen LogP contribution < -0.4 is 10.5 Å². The van der Waals surface area contributed by atoms with E-state index in [0.717, 1.165) is 12.1 Å². The molecule has 0 aliphatic carbocycles. The fourth-order valence-electron chi connectivity index (χ4n) is 1.46. The predicted molar refractivity (Wildman–Crippen MR) is 59.2 cm³/mol. The van der Waals surface area contributed by atoms with E-state index in [2.05, 4.69) is 10.1 Å². The third-order valence-electron chi connectivity index (χ3n) is 2.37. The second-order valence-corrected chi connectivity index (χ2v) is 3.66. The number of aromatic nitrogens is 2. The lowest BCUT2D eigenvalue weighted by molar-refractivity contribution is -0.137. The summed E-state index contributed by atoms with van der Waals surface area (Å²) in [6, 6.07) is 3.21. The van der Waals surface area contributed by atoms with Crippen LogP contribution in [-0.4, -0.2) is 17.3 Å².